The predicted octanol–water partition coefficient (Wildman–Crippen LogP) is 2.23. The number of nitrogens with zero attached hydrogens (tertiary/aromatic N) is 2. The lowest BCUT2D eigenvalue weighted by molar-refractivity contribution is -0.386. The number of nitro benzene ring substituents is 1. The number of phenols is 1. The summed E-state index contributed by atoms with van der Waals surface area (Å²) in [5.41, 5.74) is 1.41. The molecule has 3 aromatic rings. The van der Waals surface area contributed by atoms with Crippen molar-refractivity contribution in [3.8, 4) is 11.5 Å². The fourth-order valence-electron chi connectivity index (χ4n) is 2.23. The van der Waals surface area contributed by atoms with E-state index in [1.807, 2.05) is 0 Å². The van der Waals surface area contributed by atoms with Crippen molar-refractivity contribution in [1.82, 2.24) is 9.97 Å². The Morgan fingerprint density at radius 1 is 1.25 bits per heavy atom. The molecule has 0 unspecified atom stereocenters. The van der Waals surface area contributed by atoms with Crippen LogP contribution in [0.2, 0.25) is 0 Å². The van der Waals surface area contributed by atoms with Gasteiger partial charge in [-0.2, -0.15) is 0 Å². The Morgan fingerprint density at radius 3 is 2.71 bits per heavy atom. The summed E-state index contributed by atoms with van der Waals surface area (Å²) in [4.78, 5) is 31.0. The highest BCUT2D eigenvalue weighted by Crippen LogP contribution is 2.36. The Hall–Kier alpha value is -3.62. The largest absolute Gasteiger partial charge is 0.500 e. The molecule has 0 aliphatic carbocycles. The maximum absolute atomic E-state index is 11.2. The molecule has 0 aliphatic rings. The Bertz CT molecular complexity index is 1020. The van der Waals surface area contributed by atoms with Crippen molar-refractivity contribution in [2.75, 3.05) is 7.11 Å². The first-order chi connectivity index (χ1) is 11.5. The number of aliphatic imine (C=N–C) groups is 1. The number of hydrogen-bond donors (Lipinski definition) is 3. The monoisotopic (exact) mass is 328 g/mol. The van der Waals surface area contributed by atoms with Crippen molar-refractivity contribution in [2.45, 2.75) is 0 Å². The van der Waals surface area contributed by atoms with E-state index in [1.165, 1.54) is 25.5 Å². The number of H-pyrrole nitrogens is 2. The van der Waals surface area contributed by atoms with Crippen LogP contribution in [0.15, 0.2) is 40.1 Å². The smallest absolute Gasteiger partial charge is 0.323 e. The van der Waals surface area contributed by atoms with Gasteiger partial charge in [0.15, 0.2) is 5.75 Å². The molecule has 0 radical (unpaired) electrons. The number of methoxy groups -OCH3 is 1. The van der Waals surface area contributed by atoms with E-state index in [1.54, 1.807) is 18.2 Å². The summed E-state index contributed by atoms with van der Waals surface area (Å²) in [5, 5.41) is 20.7. The van der Waals surface area contributed by atoms with E-state index in [2.05, 4.69) is 15.0 Å². The third kappa shape index (κ3) is 2.82. The number of imidazole rings is 1. The van der Waals surface area contributed by atoms with E-state index < -0.39 is 16.4 Å². The lowest BCUT2D eigenvalue weighted by atomic mass is 10.2. The summed E-state index contributed by atoms with van der Waals surface area (Å²) in [6.45, 7) is 0. The number of nitrogens with one attached hydrogen (secondary N) is 2. The van der Waals surface area contributed by atoms with Gasteiger partial charge in [-0.3, -0.25) is 15.1 Å². The lowest BCUT2D eigenvalue weighted by Gasteiger charge is -2.05. The molecule has 0 amide bonds. The maximum atomic E-state index is 11.2. The van der Waals surface area contributed by atoms with Crippen LogP contribution in [0.1, 0.15) is 5.56 Å². The number of aromatic hydroxyl groups is 1. The zero-order valence-corrected chi connectivity index (χ0v) is 12.4. The molecule has 0 saturated heterocycles. The van der Waals surface area contributed by atoms with E-state index in [-0.39, 0.29) is 11.4 Å². The topological polar surface area (TPSA) is 134 Å². The first-order valence-corrected chi connectivity index (χ1v) is 6.79. The van der Waals surface area contributed by atoms with Crippen LogP contribution >= 0.6 is 0 Å². The van der Waals surface area contributed by atoms with Gasteiger partial charge in [0.1, 0.15) is 0 Å². The standard InChI is InChI=1S/C15H12N4O5/c1-24-13-5-8(4-12(14(13)20)19(22)23)7-16-9-2-3-10-11(6-9)18-15(21)17-10/h2-7,20H,1H3,(H2,17,18,21). The maximum Gasteiger partial charge on any atom is 0.323 e. The van der Waals surface area contributed by atoms with Crippen molar-refractivity contribution < 1.29 is 14.8 Å². The third-order valence-electron chi connectivity index (χ3n) is 3.36. The van der Waals surface area contributed by atoms with Crippen LogP contribution in [0.4, 0.5) is 11.4 Å². The molecule has 3 N–H and O–H groups in total. The average molecular weight is 328 g/mol. The minimum absolute atomic E-state index is 0.0175. The number of fused-ring (bicyclic) bond motifs is 1. The van der Waals surface area contributed by atoms with Gasteiger partial charge in [-0.25, -0.2) is 4.79 Å². The van der Waals surface area contributed by atoms with Gasteiger partial charge < -0.3 is 19.8 Å². The van der Waals surface area contributed by atoms with Crippen LogP contribution in [0.25, 0.3) is 11.0 Å². The van der Waals surface area contributed by atoms with Gasteiger partial charge >= 0.3 is 11.4 Å². The SMILES string of the molecule is COc1cc(C=Nc2ccc3[nH]c(=O)[nH]c3c2)cc([N+](=O)[O-])c1O. The Labute approximate surface area is 134 Å². The molecule has 9 nitrogen and oxygen atoms in total. The van der Waals surface area contributed by atoms with Crippen LogP contribution in [-0.2, 0) is 0 Å². The number of benzene rings is 2. The summed E-state index contributed by atoms with van der Waals surface area (Å²) < 4.78 is 4.93. The molecule has 9 heteroatoms. The van der Waals surface area contributed by atoms with Gasteiger partial charge in [-0.05, 0) is 24.3 Å². The first-order valence-electron chi connectivity index (χ1n) is 6.79. The fourth-order valence-corrected chi connectivity index (χ4v) is 2.23. The molecular formula is C15H12N4O5. The number of rotatable bonds is 4. The quantitative estimate of drug-likeness (QED) is 0.383. The summed E-state index contributed by atoms with van der Waals surface area (Å²) in [7, 11) is 1.30. The number of ether oxygens (including phenoxy) is 1. The summed E-state index contributed by atoms with van der Waals surface area (Å²) >= 11 is 0. The summed E-state index contributed by atoms with van der Waals surface area (Å²) in [6, 6.07) is 7.67. The van der Waals surface area contributed by atoms with Crippen LogP contribution in [-0.4, -0.2) is 33.3 Å². The van der Waals surface area contributed by atoms with Gasteiger partial charge in [-0.1, -0.05) is 0 Å². The molecule has 0 bridgehead atoms. The molecule has 1 heterocycles. The Balaban J connectivity index is 1.99. The highest BCUT2D eigenvalue weighted by atomic mass is 16.6. The van der Waals surface area contributed by atoms with Crippen LogP contribution in [0, 0.1) is 10.1 Å². The van der Waals surface area contributed by atoms with Crippen LogP contribution in [0.3, 0.4) is 0 Å². The molecule has 3 rings (SSSR count). The minimum Gasteiger partial charge on any atom is -0.500 e. The van der Waals surface area contributed by atoms with Crippen molar-refractivity contribution in [1.29, 1.82) is 0 Å². The molecule has 24 heavy (non-hydrogen) atoms. The molecular weight excluding hydrogens is 316 g/mol. The second-order valence-electron chi connectivity index (χ2n) is 4.92. The predicted molar refractivity (Wildman–Crippen MR) is 87.5 cm³/mol. The molecule has 1 aromatic heterocycles. The number of aromatic amines is 2. The highest BCUT2D eigenvalue weighted by Gasteiger charge is 2.19. The molecule has 0 atom stereocenters. The van der Waals surface area contributed by atoms with E-state index in [4.69, 9.17) is 4.74 Å². The van der Waals surface area contributed by atoms with Crippen molar-refractivity contribution in [3.05, 3.63) is 56.5 Å². The van der Waals surface area contributed by atoms with E-state index >= 15 is 0 Å². The number of hydrogen-bond acceptors (Lipinski definition) is 6. The van der Waals surface area contributed by atoms with Crippen molar-refractivity contribution >= 4 is 28.6 Å². The number of nitro groups is 1. The van der Waals surface area contributed by atoms with Gasteiger partial charge in [0.05, 0.1) is 28.8 Å². The summed E-state index contributed by atoms with van der Waals surface area (Å²) in [6.07, 6.45) is 1.40. The lowest BCUT2D eigenvalue weighted by Crippen LogP contribution is -1.99. The van der Waals surface area contributed by atoms with Crippen LogP contribution < -0.4 is 10.4 Å². The minimum atomic E-state index is -0.703. The van der Waals surface area contributed by atoms with Gasteiger partial charge in [0, 0.05) is 17.8 Å². The molecule has 2 aromatic carbocycles. The third-order valence-corrected chi connectivity index (χ3v) is 3.36. The van der Waals surface area contributed by atoms with Crippen LogP contribution in [0.5, 0.6) is 11.5 Å². The second kappa shape index (κ2) is 5.88. The average Bonchev–Trinajstić information content (AvgIpc) is 2.92. The van der Waals surface area contributed by atoms with Gasteiger partial charge in [-0.15, -0.1) is 0 Å². The van der Waals surface area contributed by atoms with Crippen molar-refractivity contribution in [2.24, 2.45) is 4.99 Å². The molecule has 122 valence electrons. The summed E-state index contributed by atoms with van der Waals surface area (Å²) in [5.74, 6) is -0.554. The zero-order chi connectivity index (χ0) is 17.3. The molecule has 0 aliphatic heterocycles. The van der Waals surface area contributed by atoms with Crippen molar-refractivity contribution in [3.63, 3.8) is 0 Å². The van der Waals surface area contributed by atoms with E-state index in [0.29, 0.717) is 22.3 Å². The number of phenolic OH excluding ortho intramolecular Hbond substituents is 1. The zero-order valence-electron chi connectivity index (χ0n) is 12.4. The van der Waals surface area contributed by atoms with Gasteiger partial charge in [0.25, 0.3) is 0 Å². The Morgan fingerprint density at radius 2 is 2.00 bits per heavy atom. The highest BCUT2D eigenvalue weighted by molar-refractivity contribution is 5.86. The molecule has 0 spiro atoms. The van der Waals surface area contributed by atoms with Gasteiger partial charge in [0.2, 0.25) is 5.75 Å². The second-order valence-corrected chi connectivity index (χ2v) is 4.92. The molecule has 0 fully saturated rings. The first kappa shape index (κ1) is 15.3. The normalized spacial score (nSPS) is 11.2. The fraction of sp³-hybridized carbons (Fsp3) is 0.0667. The van der Waals surface area contributed by atoms with E-state index in [0.717, 1.165) is 0 Å². The Kier molecular flexibility index (Phi) is 3.74. The molecule has 0 saturated carbocycles. The number of aromatic nitrogens is 2. The van der Waals surface area contributed by atoms with E-state index in [9.17, 15) is 20.0 Å².